The highest BCUT2D eigenvalue weighted by molar-refractivity contribution is 5.74. The van der Waals surface area contributed by atoms with Crippen molar-refractivity contribution < 1.29 is 30.0 Å². The van der Waals surface area contributed by atoms with Gasteiger partial charge in [-0.3, -0.25) is 4.79 Å². The quantitative estimate of drug-likeness (QED) is 0.464. The molecular weight excluding hydrogens is 420 g/mol. The standard InChI is InChI=1S/C27H46O6/c1-14(2)15(3)24(31)22(29)10-16-6-7-18-17-13-33-25(32)20-11-21(28)23(30)12-27(20,5)19(17)8-9-26(16,18)4/h14-24,28-31H,6-13H2,1-5H3/t15-,16?,17?,18?,19?,20-,21+,22-,23-,24-,26?,27?/m1/s1. The highest BCUT2D eigenvalue weighted by atomic mass is 16.5. The van der Waals surface area contributed by atoms with Crippen LogP contribution in [0.5, 0.6) is 0 Å². The van der Waals surface area contributed by atoms with Crippen molar-refractivity contribution in [3.05, 3.63) is 0 Å². The van der Waals surface area contributed by atoms with Crippen LogP contribution >= 0.6 is 0 Å². The Labute approximate surface area is 199 Å². The van der Waals surface area contributed by atoms with Crippen molar-refractivity contribution in [2.45, 2.75) is 104 Å². The predicted octanol–water partition coefficient (Wildman–Crippen LogP) is 3.14. The lowest BCUT2D eigenvalue weighted by Crippen LogP contribution is -2.54. The highest BCUT2D eigenvalue weighted by Crippen LogP contribution is 2.65. The fourth-order valence-corrected chi connectivity index (χ4v) is 8.46. The van der Waals surface area contributed by atoms with E-state index in [1.165, 1.54) is 0 Å². The molecule has 4 rings (SSSR count). The van der Waals surface area contributed by atoms with Gasteiger partial charge < -0.3 is 25.2 Å². The molecule has 6 unspecified atom stereocenters. The van der Waals surface area contributed by atoms with Gasteiger partial charge in [0.15, 0.2) is 0 Å². The minimum atomic E-state index is -0.863. The normalized spacial score (nSPS) is 48.2. The van der Waals surface area contributed by atoms with Crippen LogP contribution in [-0.2, 0) is 9.53 Å². The molecule has 4 aliphatic rings. The molecule has 4 N–H and O–H groups in total. The first-order valence-corrected chi connectivity index (χ1v) is 13.3. The molecule has 190 valence electrons. The molecule has 0 amide bonds. The fraction of sp³-hybridized carbons (Fsp3) is 0.963. The van der Waals surface area contributed by atoms with Crippen LogP contribution in [0.1, 0.15) is 79.6 Å². The smallest absolute Gasteiger partial charge is 0.309 e. The summed E-state index contributed by atoms with van der Waals surface area (Å²) in [5.41, 5.74) is -0.308. The summed E-state index contributed by atoms with van der Waals surface area (Å²) < 4.78 is 5.84. The van der Waals surface area contributed by atoms with Gasteiger partial charge in [-0.15, -0.1) is 0 Å². The highest BCUT2D eigenvalue weighted by Gasteiger charge is 2.62. The van der Waals surface area contributed by atoms with E-state index in [1.54, 1.807) is 0 Å². The third-order valence-corrected chi connectivity index (χ3v) is 11.1. The molecule has 3 saturated carbocycles. The molecule has 12 atom stereocenters. The van der Waals surface area contributed by atoms with Crippen LogP contribution in [0.25, 0.3) is 0 Å². The Morgan fingerprint density at radius 1 is 1.00 bits per heavy atom. The van der Waals surface area contributed by atoms with Crippen molar-refractivity contribution in [3.63, 3.8) is 0 Å². The van der Waals surface area contributed by atoms with E-state index in [0.717, 1.165) is 25.7 Å². The van der Waals surface area contributed by atoms with Gasteiger partial charge in [-0.05, 0) is 91.3 Å². The lowest BCUT2D eigenvalue weighted by molar-refractivity contribution is -0.162. The van der Waals surface area contributed by atoms with E-state index in [4.69, 9.17) is 4.74 Å². The number of rotatable bonds is 5. The lowest BCUT2D eigenvalue weighted by atomic mass is 9.49. The molecule has 0 aromatic heterocycles. The van der Waals surface area contributed by atoms with E-state index in [1.807, 2.05) is 6.92 Å². The third-order valence-electron chi connectivity index (χ3n) is 11.1. The van der Waals surface area contributed by atoms with Crippen LogP contribution in [-0.4, -0.2) is 57.4 Å². The number of fused-ring (bicyclic) bond motifs is 5. The summed E-state index contributed by atoms with van der Waals surface area (Å²) in [6, 6.07) is 0. The maximum absolute atomic E-state index is 12.9. The van der Waals surface area contributed by atoms with Gasteiger partial charge in [-0.1, -0.05) is 34.6 Å². The Morgan fingerprint density at radius 2 is 1.67 bits per heavy atom. The van der Waals surface area contributed by atoms with Crippen LogP contribution < -0.4 is 0 Å². The second-order valence-electron chi connectivity index (χ2n) is 12.9. The molecule has 0 aromatic carbocycles. The molecule has 6 nitrogen and oxygen atoms in total. The molecule has 0 spiro atoms. The number of carbonyl (C=O) groups excluding carboxylic acids is 1. The second-order valence-corrected chi connectivity index (χ2v) is 12.9. The lowest BCUT2D eigenvalue weighted by Gasteiger charge is -2.55. The minimum absolute atomic E-state index is 0.0481. The monoisotopic (exact) mass is 466 g/mol. The van der Waals surface area contributed by atoms with Crippen molar-refractivity contribution in [1.29, 1.82) is 0 Å². The number of hydrogen-bond donors (Lipinski definition) is 4. The van der Waals surface area contributed by atoms with Gasteiger partial charge in [-0.25, -0.2) is 0 Å². The van der Waals surface area contributed by atoms with E-state index in [2.05, 4.69) is 27.7 Å². The average Bonchev–Trinajstić information content (AvgIpc) is 3.04. The maximum atomic E-state index is 12.9. The van der Waals surface area contributed by atoms with Crippen molar-refractivity contribution in [2.75, 3.05) is 6.61 Å². The Morgan fingerprint density at radius 3 is 2.33 bits per heavy atom. The molecule has 0 bridgehead atoms. The summed E-state index contributed by atoms with van der Waals surface area (Å²) in [7, 11) is 0. The molecule has 33 heavy (non-hydrogen) atoms. The molecule has 3 aliphatic carbocycles. The number of esters is 1. The summed E-state index contributed by atoms with van der Waals surface area (Å²) in [6.07, 6.45) is 2.34. The van der Waals surface area contributed by atoms with E-state index >= 15 is 0 Å². The van der Waals surface area contributed by atoms with Crippen molar-refractivity contribution in [1.82, 2.24) is 0 Å². The third kappa shape index (κ3) is 4.17. The van der Waals surface area contributed by atoms with E-state index in [9.17, 15) is 25.2 Å². The Balaban J connectivity index is 1.54. The summed E-state index contributed by atoms with van der Waals surface area (Å²) in [5, 5.41) is 42.4. The van der Waals surface area contributed by atoms with E-state index in [0.29, 0.717) is 37.2 Å². The van der Waals surface area contributed by atoms with Gasteiger partial charge in [-0.2, -0.15) is 0 Å². The van der Waals surface area contributed by atoms with Crippen LogP contribution in [0.15, 0.2) is 0 Å². The molecule has 0 aromatic rings. The first-order chi connectivity index (χ1) is 15.4. The van der Waals surface area contributed by atoms with Gasteiger partial charge in [0.2, 0.25) is 0 Å². The minimum Gasteiger partial charge on any atom is -0.465 e. The zero-order chi connectivity index (χ0) is 24.3. The molecule has 1 saturated heterocycles. The van der Waals surface area contributed by atoms with Gasteiger partial charge in [0.1, 0.15) is 0 Å². The molecule has 4 fully saturated rings. The van der Waals surface area contributed by atoms with Crippen molar-refractivity contribution in [2.24, 2.45) is 52.3 Å². The van der Waals surface area contributed by atoms with Crippen molar-refractivity contribution >= 4 is 5.97 Å². The summed E-state index contributed by atoms with van der Waals surface area (Å²) >= 11 is 0. The Hall–Kier alpha value is -0.690. The number of cyclic esters (lactones) is 1. The summed E-state index contributed by atoms with van der Waals surface area (Å²) in [6.45, 7) is 11.1. The first kappa shape index (κ1) is 25.4. The van der Waals surface area contributed by atoms with Crippen LogP contribution in [0.3, 0.4) is 0 Å². The maximum Gasteiger partial charge on any atom is 0.309 e. The van der Waals surface area contributed by atoms with Gasteiger partial charge in [0.25, 0.3) is 0 Å². The average molecular weight is 467 g/mol. The predicted molar refractivity (Wildman–Crippen MR) is 125 cm³/mol. The summed E-state index contributed by atoms with van der Waals surface area (Å²) in [4.78, 5) is 12.9. The van der Waals surface area contributed by atoms with Crippen LogP contribution in [0.2, 0.25) is 0 Å². The molecule has 6 heteroatoms. The van der Waals surface area contributed by atoms with Gasteiger partial charge >= 0.3 is 5.97 Å². The first-order valence-electron chi connectivity index (χ1n) is 13.3. The number of ether oxygens (including phenoxy) is 1. The number of carbonyl (C=O) groups is 1. The molecule has 0 radical (unpaired) electrons. The van der Waals surface area contributed by atoms with E-state index < -0.39 is 24.4 Å². The molecule has 1 aliphatic heterocycles. The van der Waals surface area contributed by atoms with Gasteiger partial charge in [0, 0.05) is 0 Å². The van der Waals surface area contributed by atoms with Crippen LogP contribution in [0.4, 0.5) is 0 Å². The van der Waals surface area contributed by atoms with Crippen molar-refractivity contribution in [3.8, 4) is 0 Å². The molecule has 1 heterocycles. The Bertz CT molecular complexity index is 725. The SMILES string of the molecule is CC(C)[C@@H](C)[C@@H](O)[C@H](O)CC1CCC2C3COC(=O)[C@H]4C[C@H](O)[C@H](O)CC4(C)C3CCC12C. The largest absolute Gasteiger partial charge is 0.465 e. The number of aliphatic hydroxyl groups is 4. The second kappa shape index (κ2) is 9.07. The zero-order valence-corrected chi connectivity index (χ0v) is 21.1. The van der Waals surface area contributed by atoms with Gasteiger partial charge in [0.05, 0.1) is 36.9 Å². The molecular formula is C27H46O6. The van der Waals surface area contributed by atoms with Crippen LogP contribution in [0, 0.1) is 52.3 Å². The topological polar surface area (TPSA) is 107 Å². The van der Waals surface area contributed by atoms with E-state index in [-0.39, 0.29) is 46.9 Å². The fourth-order valence-electron chi connectivity index (χ4n) is 8.46. The number of hydrogen-bond acceptors (Lipinski definition) is 6. The number of aliphatic hydroxyl groups excluding tert-OH is 4. The Kier molecular flexibility index (Phi) is 6.98. The zero-order valence-electron chi connectivity index (χ0n) is 21.1. The summed E-state index contributed by atoms with van der Waals surface area (Å²) in [5.74, 6) is 1.06.